The Hall–Kier alpha value is -2.84. The van der Waals surface area contributed by atoms with Crippen LogP contribution < -0.4 is 9.47 Å². The van der Waals surface area contributed by atoms with Gasteiger partial charge in [-0.1, -0.05) is 43.3 Å². The van der Waals surface area contributed by atoms with Crippen molar-refractivity contribution in [3.63, 3.8) is 0 Å². The predicted octanol–water partition coefficient (Wildman–Crippen LogP) is 4.82. The van der Waals surface area contributed by atoms with Crippen LogP contribution in [0.15, 0.2) is 54.6 Å². The quantitative estimate of drug-likeness (QED) is 0.444. The Morgan fingerprint density at radius 1 is 1.06 bits per heavy atom. The van der Waals surface area contributed by atoms with E-state index in [-0.39, 0.29) is 23.5 Å². The first-order chi connectivity index (χ1) is 16.3. The van der Waals surface area contributed by atoms with Gasteiger partial charge in [0.05, 0.1) is 30.6 Å². The third kappa shape index (κ3) is 5.13. The highest BCUT2D eigenvalue weighted by Gasteiger charge is 2.36. The topological polar surface area (TPSA) is 72.9 Å². The summed E-state index contributed by atoms with van der Waals surface area (Å²) in [6.07, 6.45) is 1.25. The molecule has 180 valence electrons. The fourth-order valence-corrected chi connectivity index (χ4v) is 7.28. The summed E-state index contributed by atoms with van der Waals surface area (Å²) in [5.41, 5.74) is 3.05. The van der Waals surface area contributed by atoms with Crippen LogP contribution in [-0.4, -0.2) is 51.0 Å². The van der Waals surface area contributed by atoms with E-state index in [1.165, 1.54) is 11.3 Å². The van der Waals surface area contributed by atoms with Gasteiger partial charge in [0.25, 0.3) is 5.91 Å². The van der Waals surface area contributed by atoms with Gasteiger partial charge in [-0.2, -0.15) is 0 Å². The Bertz CT molecular complexity index is 1270. The Balaban J connectivity index is 1.70. The number of thiophene rings is 1. The molecule has 1 unspecified atom stereocenters. The van der Waals surface area contributed by atoms with Crippen LogP contribution in [0, 0.1) is 0 Å². The first-order valence-electron chi connectivity index (χ1n) is 11.3. The molecule has 4 rings (SSSR count). The maximum atomic E-state index is 13.8. The number of amides is 1. The van der Waals surface area contributed by atoms with Gasteiger partial charge in [0.15, 0.2) is 21.3 Å². The zero-order chi connectivity index (χ0) is 24.3. The lowest BCUT2D eigenvalue weighted by Gasteiger charge is -2.28. The zero-order valence-electron chi connectivity index (χ0n) is 19.6. The van der Waals surface area contributed by atoms with Crippen LogP contribution >= 0.6 is 11.3 Å². The largest absolute Gasteiger partial charge is 0.493 e. The zero-order valence-corrected chi connectivity index (χ0v) is 21.2. The Morgan fingerprint density at radius 3 is 2.41 bits per heavy atom. The van der Waals surface area contributed by atoms with E-state index in [0.29, 0.717) is 29.3 Å². The molecule has 1 saturated heterocycles. The smallest absolute Gasteiger partial charge is 0.264 e. The molecule has 0 aliphatic carbocycles. The minimum atomic E-state index is -3.16. The van der Waals surface area contributed by atoms with E-state index in [0.717, 1.165) is 28.0 Å². The van der Waals surface area contributed by atoms with Crippen LogP contribution in [0.1, 0.15) is 34.1 Å². The number of carbonyl (C=O) groups is 1. The van der Waals surface area contributed by atoms with Gasteiger partial charge in [-0.05, 0) is 47.7 Å². The number of hydrogen-bond acceptors (Lipinski definition) is 6. The molecule has 2 aromatic carbocycles. The molecule has 0 bridgehead atoms. The monoisotopic (exact) mass is 499 g/mol. The highest BCUT2D eigenvalue weighted by atomic mass is 32.2. The number of aryl methyl sites for hydroxylation is 1. The van der Waals surface area contributed by atoms with Crippen LogP contribution in [0.3, 0.4) is 0 Å². The summed E-state index contributed by atoms with van der Waals surface area (Å²) in [5, 5.41) is 0. The second-order valence-electron chi connectivity index (χ2n) is 8.36. The number of nitrogens with zero attached hydrogens (tertiary/aromatic N) is 1. The molecule has 1 amide bonds. The summed E-state index contributed by atoms with van der Waals surface area (Å²) in [4.78, 5) is 17.2. The average molecular weight is 500 g/mol. The maximum absolute atomic E-state index is 13.8. The Morgan fingerprint density at radius 2 is 1.79 bits per heavy atom. The standard InChI is InChI=1S/C26H29NO5S2/c1-4-19-15-24(33-25(19)20-8-6-5-7-9-20)26(28)27(21-12-13-34(29,30)17-21)16-18-10-11-22(31-2)23(14-18)32-3/h5-11,14-15,21H,4,12-13,16-17H2,1-3H3. The Labute approximate surface area is 205 Å². The maximum Gasteiger partial charge on any atom is 0.264 e. The van der Waals surface area contributed by atoms with Crippen molar-refractivity contribution in [1.29, 1.82) is 0 Å². The Kier molecular flexibility index (Phi) is 7.28. The van der Waals surface area contributed by atoms with E-state index >= 15 is 0 Å². The molecule has 0 saturated carbocycles. The fourth-order valence-electron chi connectivity index (χ4n) is 4.34. The van der Waals surface area contributed by atoms with Crippen molar-refractivity contribution in [3.8, 4) is 21.9 Å². The van der Waals surface area contributed by atoms with Crippen LogP contribution in [0.4, 0.5) is 0 Å². The molecule has 0 N–H and O–H groups in total. The molecule has 1 fully saturated rings. The molecule has 1 aliphatic heterocycles. The second kappa shape index (κ2) is 10.2. The molecule has 0 spiro atoms. The normalized spacial score (nSPS) is 16.9. The molecular formula is C26H29NO5S2. The van der Waals surface area contributed by atoms with E-state index in [1.807, 2.05) is 48.5 Å². The number of hydrogen-bond donors (Lipinski definition) is 0. The third-order valence-electron chi connectivity index (χ3n) is 6.15. The van der Waals surface area contributed by atoms with Gasteiger partial charge < -0.3 is 14.4 Å². The lowest BCUT2D eigenvalue weighted by Crippen LogP contribution is -2.40. The van der Waals surface area contributed by atoms with Crippen LogP contribution in [0.2, 0.25) is 0 Å². The minimum absolute atomic E-state index is 0.0103. The molecule has 8 heteroatoms. The van der Waals surface area contributed by atoms with Crippen LogP contribution in [-0.2, 0) is 22.8 Å². The number of rotatable bonds is 8. The van der Waals surface area contributed by atoms with Crippen LogP contribution in [0.5, 0.6) is 11.5 Å². The summed E-state index contributed by atoms with van der Waals surface area (Å²) >= 11 is 1.47. The van der Waals surface area contributed by atoms with E-state index in [2.05, 4.69) is 6.92 Å². The van der Waals surface area contributed by atoms with Crippen molar-refractivity contribution in [3.05, 3.63) is 70.6 Å². The van der Waals surface area contributed by atoms with Gasteiger partial charge in [0, 0.05) is 17.5 Å². The van der Waals surface area contributed by atoms with Gasteiger partial charge in [-0.15, -0.1) is 11.3 Å². The molecule has 1 atom stereocenters. The second-order valence-corrected chi connectivity index (χ2v) is 11.6. The molecular weight excluding hydrogens is 470 g/mol. The third-order valence-corrected chi connectivity index (χ3v) is 9.11. The number of ether oxygens (including phenoxy) is 2. The first-order valence-corrected chi connectivity index (χ1v) is 13.9. The summed E-state index contributed by atoms with van der Waals surface area (Å²) in [6.45, 7) is 2.37. The highest BCUT2D eigenvalue weighted by molar-refractivity contribution is 7.91. The lowest BCUT2D eigenvalue weighted by atomic mass is 10.1. The van der Waals surface area contributed by atoms with Crippen molar-refractivity contribution in [2.24, 2.45) is 0 Å². The molecule has 1 aromatic heterocycles. The molecule has 2 heterocycles. The van der Waals surface area contributed by atoms with Crippen molar-refractivity contribution in [1.82, 2.24) is 4.90 Å². The summed E-state index contributed by atoms with van der Waals surface area (Å²) in [6, 6.07) is 17.2. The van der Waals surface area contributed by atoms with Gasteiger partial charge in [0.1, 0.15) is 0 Å². The molecule has 0 radical (unpaired) electrons. The molecule has 6 nitrogen and oxygen atoms in total. The predicted molar refractivity (Wildman–Crippen MR) is 136 cm³/mol. The fraction of sp³-hybridized carbons (Fsp3) is 0.346. The van der Waals surface area contributed by atoms with Crippen molar-refractivity contribution in [2.75, 3.05) is 25.7 Å². The lowest BCUT2D eigenvalue weighted by molar-refractivity contribution is 0.0685. The molecule has 1 aliphatic rings. The number of methoxy groups -OCH3 is 2. The van der Waals surface area contributed by atoms with Crippen LogP contribution in [0.25, 0.3) is 10.4 Å². The van der Waals surface area contributed by atoms with Crippen molar-refractivity contribution >= 4 is 27.1 Å². The number of carbonyl (C=O) groups excluding carboxylic acids is 1. The van der Waals surface area contributed by atoms with Crippen molar-refractivity contribution in [2.45, 2.75) is 32.4 Å². The van der Waals surface area contributed by atoms with Crippen molar-refractivity contribution < 1.29 is 22.7 Å². The number of benzene rings is 2. The van der Waals surface area contributed by atoms with Gasteiger partial charge in [0.2, 0.25) is 0 Å². The highest BCUT2D eigenvalue weighted by Crippen LogP contribution is 2.35. The number of sulfone groups is 1. The SMILES string of the molecule is CCc1cc(C(=O)N(Cc2ccc(OC)c(OC)c2)C2CCS(=O)(=O)C2)sc1-c1ccccc1. The average Bonchev–Trinajstić information content (AvgIpc) is 3.45. The van der Waals surface area contributed by atoms with E-state index in [1.54, 1.807) is 25.2 Å². The van der Waals surface area contributed by atoms with Gasteiger partial charge in [-0.25, -0.2) is 8.42 Å². The van der Waals surface area contributed by atoms with Gasteiger partial charge >= 0.3 is 0 Å². The van der Waals surface area contributed by atoms with E-state index < -0.39 is 9.84 Å². The first kappa shape index (κ1) is 24.3. The molecule has 34 heavy (non-hydrogen) atoms. The summed E-state index contributed by atoms with van der Waals surface area (Å²) in [5.74, 6) is 1.13. The van der Waals surface area contributed by atoms with E-state index in [9.17, 15) is 13.2 Å². The van der Waals surface area contributed by atoms with Gasteiger partial charge in [-0.3, -0.25) is 4.79 Å². The van der Waals surface area contributed by atoms with E-state index in [4.69, 9.17) is 9.47 Å². The summed E-state index contributed by atoms with van der Waals surface area (Å²) < 4.78 is 35.3. The molecule has 3 aromatic rings. The summed E-state index contributed by atoms with van der Waals surface area (Å²) in [7, 11) is -0.0186. The minimum Gasteiger partial charge on any atom is -0.493 e.